The standard InChI is InChI=1S/C29H30N4O5S/c1-19(2)27(29(35)38-4)32-39(36,37)25-16-12-22(13-17-25)21-10-14-23(15-11-21)30-28(34)26-18-20(3)33(31-26)24-8-6-5-7-9-24/h5-19,27,32H,1-4H3,(H,30,34). The van der Waals surface area contributed by atoms with Crippen molar-refractivity contribution in [2.24, 2.45) is 5.92 Å². The number of hydrogen-bond donors (Lipinski definition) is 2. The van der Waals surface area contributed by atoms with Crippen LogP contribution in [0.15, 0.2) is 89.8 Å². The average Bonchev–Trinajstić information content (AvgIpc) is 3.34. The van der Waals surface area contributed by atoms with Crippen LogP contribution in [0.4, 0.5) is 5.69 Å². The fourth-order valence-electron chi connectivity index (χ4n) is 4.00. The second kappa shape index (κ2) is 11.6. The fourth-order valence-corrected chi connectivity index (χ4v) is 5.34. The molecule has 1 amide bonds. The normalized spacial score (nSPS) is 12.2. The number of anilines is 1. The molecule has 4 rings (SSSR count). The molecule has 3 aromatic carbocycles. The van der Waals surface area contributed by atoms with Crippen LogP contribution in [-0.4, -0.2) is 43.2 Å². The molecule has 4 aromatic rings. The van der Waals surface area contributed by atoms with Crippen LogP contribution in [0.5, 0.6) is 0 Å². The Hall–Kier alpha value is -4.28. The minimum Gasteiger partial charge on any atom is -0.468 e. The molecule has 0 saturated carbocycles. The van der Waals surface area contributed by atoms with Crippen LogP contribution in [0, 0.1) is 12.8 Å². The van der Waals surface area contributed by atoms with Gasteiger partial charge in [0.15, 0.2) is 5.69 Å². The molecule has 0 spiro atoms. The number of rotatable bonds is 9. The van der Waals surface area contributed by atoms with Crippen molar-refractivity contribution >= 4 is 27.6 Å². The van der Waals surface area contributed by atoms with Crippen molar-refractivity contribution in [1.82, 2.24) is 14.5 Å². The van der Waals surface area contributed by atoms with Gasteiger partial charge in [0.2, 0.25) is 10.0 Å². The zero-order chi connectivity index (χ0) is 28.2. The number of carbonyl (C=O) groups excluding carboxylic acids is 2. The maximum Gasteiger partial charge on any atom is 0.324 e. The largest absolute Gasteiger partial charge is 0.468 e. The highest BCUT2D eigenvalue weighted by molar-refractivity contribution is 7.89. The summed E-state index contributed by atoms with van der Waals surface area (Å²) in [4.78, 5) is 24.8. The molecular formula is C29H30N4O5S. The zero-order valence-corrected chi connectivity index (χ0v) is 22.9. The van der Waals surface area contributed by atoms with Gasteiger partial charge in [-0.15, -0.1) is 0 Å². The molecule has 0 aliphatic rings. The second-order valence-electron chi connectivity index (χ2n) is 9.34. The number of para-hydroxylation sites is 1. The van der Waals surface area contributed by atoms with Crippen molar-refractivity contribution in [2.75, 3.05) is 12.4 Å². The van der Waals surface area contributed by atoms with Gasteiger partial charge in [-0.05, 0) is 66.4 Å². The molecular weight excluding hydrogens is 516 g/mol. The monoisotopic (exact) mass is 546 g/mol. The lowest BCUT2D eigenvalue weighted by molar-refractivity contribution is -0.143. The summed E-state index contributed by atoms with van der Waals surface area (Å²) in [7, 11) is -2.71. The van der Waals surface area contributed by atoms with E-state index in [9.17, 15) is 18.0 Å². The number of amides is 1. The number of ether oxygens (including phenoxy) is 1. The molecule has 1 heterocycles. The van der Waals surface area contributed by atoms with Gasteiger partial charge in [0.05, 0.1) is 17.7 Å². The van der Waals surface area contributed by atoms with E-state index in [-0.39, 0.29) is 16.7 Å². The van der Waals surface area contributed by atoms with E-state index >= 15 is 0 Å². The number of methoxy groups -OCH3 is 1. The Kier molecular flexibility index (Phi) is 8.27. The number of esters is 1. The van der Waals surface area contributed by atoms with Crippen LogP contribution >= 0.6 is 0 Å². The summed E-state index contributed by atoms with van der Waals surface area (Å²) in [6.45, 7) is 5.36. The summed E-state index contributed by atoms with van der Waals surface area (Å²) in [5, 5.41) is 7.29. The minimum atomic E-state index is -3.93. The van der Waals surface area contributed by atoms with E-state index in [0.717, 1.165) is 22.5 Å². The topological polar surface area (TPSA) is 119 Å². The third kappa shape index (κ3) is 6.42. The first-order chi connectivity index (χ1) is 18.6. The van der Waals surface area contributed by atoms with Crippen molar-refractivity contribution in [3.05, 3.63) is 96.3 Å². The molecule has 0 saturated heterocycles. The molecule has 202 valence electrons. The van der Waals surface area contributed by atoms with Crippen LogP contribution in [-0.2, 0) is 19.6 Å². The van der Waals surface area contributed by atoms with Gasteiger partial charge in [-0.2, -0.15) is 9.82 Å². The van der Waals surface area contributed by atoms with E-state index in [0.29, 0.717) is 11.4 Å². The predicted octanol–water partition coefficient (Wildman–Crippen LogP) is 4.58. The lowest BCUT2D eigenvalue weighted by Crippen LogP contribution is -2.44. The summed E-state index contributed by atoms with van der Waals surface area (Å²) in [5.41, 5.74) is 4.24. The number of aromatic nitrogens is 2. The molecule has 0 bridgehead atoms. The quantitative estimate of drug-likeness (QED) is 0.297. The van der Waals surface area contributed by atoms with Gasteiger partial charge >= 0.3 is 5.97 Å². The minimum absolute atomic E-state index is 0.0370. The molecule has 0 aliphatic heterocycles. The Labute approximate surface area is 227 Å². The number of nitrogens with one attached hydrogen (secondary N) is 2. The Balaban J connectivity index is 1.44. The van der Waals surface area contributed by atoms with E-state index in [2.05, 4.69) is 15.1 Å². The third-order valence-electron chi connectivity index (χ3n) is 6.17. The van der Waals surface area contributed by atoms with Crippen molar-refractivity contribution in [3.8, 4) is 16.8 Å². The number of aryl methyl sites for hydroxylation is 1. The number of carbonyl (C=O) groups is 2. The zero-order valence-electron chi connectivity index (χ0n) is 22.1. The van der Waals surface area contributed by atoms with Gasteiger partial charge in [-0.1, -0.05) is 56.3 Å². The number of benzene rings is 3. The van der Waals surface area contributed by atoms with Crippen LogP contribution in [0.1, 0.15) is 30.0 Å². The molecule has 10 heteroatoms. The van der Waals surface area contributed by atoms with Crippen LogP contribution in [0.3, 0.4) is 0 Å². The summed E-state index contributed by atoms with van der Waals surface area (Å²) < 4.78 is 34.5. The summed E-state index contributed by atoms with van der Waals surface area (Å²) in [5.74, 6) is -1.25. The maximum absolute atomic E-state index is 12.8. The van der Waals surface area contributed by atoms with E-state index in [1.807, 2.05) is 49.4 Å². The third-order valence-corrected chi connectivity index (χ3v) is 7.62. The molecule has 1 unspecified atom stereocenters. The fraction of sp³-hybridized carbons (Fsp3) is 0.207. The SMILES string of the molecule is COC(=O)C(NS(=O)(=O)c1ccc(-c2ccc(NC(=O)c3cc(C)n(-c4ccccc4)n3)cc2)cc1)C(C)C. The van der Waals surface area contributed by atoms with E-state index in [1.54, 1.807) is 48.9 Å². The highest BCUT2D eigenvalue weighted by atomic mass is 32.2. The van der Waals surface area contributed by atoms with E-state index in [1.165, 1.54) is 19.2 Å². The summed E-state index contributed by atoms with van der Waals surface area (Å²) in [6, 6.07) is 23.9. The van der Waals surface area contributed by atoms with E-state index in [4.69, 9.17) is 4.74 Å². The van der Waals surface area contributed by atoms with Crippen molar-refractivity contribution in [2.45, 2.75) is 31.7 Å². The van der Waals surface area contributed by atoms with Gasteiger partial charge in [-0.25, -0.2) is 13.1 Å². The molecule has 1 atom stereocenters. The first-order valence-electron chi connectivity index (χ1n) is 12.3. The summed E-state index contributed by atoms with van der Waals surface area (Å²) in [6.07, 6.45) is 0. The molecule has 0 aliphatic carbocycles. The highest BCUT2D eigenvalue weighted by Gasteiger charge is 2.29. The average molecular weight is 547 g/mol. The lowest BCUT2D eigenvalue weighted by Gasteiger charge is -2.19. The Morgan fingerprint density at radius 1 is 0.897 bits per heavy atom. The number of nitrogens with zero attached hydrogens (tertiary/aromatic N) is 2. The Morgan fingerprint density at radius 2 is 1.49 bits per heavy atom. The van der Waals surface area contributed by atoms with Crippen molar-refractivity contribution in [1.29, 1.82) is 0 Å². The van der Waals surface area contributed by atoms with Gasteiger partial charge in [0.1, 0.15) is 6.04 Å². The number of sulfonamides is 1. The van der Waals surface area contributed by atoms with Crippen LogP contribution in [0.2, 0.25) is 0 Å². The van der Waals surface area contributed by atoms with Crippen molar-refractivity contribution < 1.29 is 22.7 Å². The van der Waals surface area contributed by atoms with Crippen molar-refractivity contribution in [3.63, 3.8) is 0 Å². The molecule has 2 N–H and O–H groups in total. The molecule has 0 radical (unpaired) electrons. The van der Waals surface area contributed by atoms with Gasteiger partial charge in [0, 0.05) is 11.4 Å². The van der Waals surface area contributed by atoms with Gasteiger partial charge in [-0.3, -0.25) is 9.59 Å². The first-order valence-corrected chi connectivity index (χ1v) is 13.8. The first kappa shape index (κ1) is 27.7. The predicted molar refractivity (Wildman–Crippen MR) is 149 cm³/mol. The van der Waals surface area contributed by atoms with E-state index < -0.39 is 22.0 Å². The lowest BCUT2D eigenvalue weighted by atomic mass is 10.1. The summed E-state index contributed by atoms with van der Waals surface area (Å²) >= 11 is 0. The Bertz CT molecular complexity index is 1560. The molecule has 39 heavy (non-hydrogen) atoms. The van der Waals surface area contributed by atoms with Gasteiger partial charge in [0.25, 0.3) is 5.91 Å². The number of hydrogen-bond acceptors (Lipinski definition) is 6. The maximum atomic E-state index is 12.8. The second-order valence-corrected chi connectivity index (χ2v) is 11.1. The Morgan fingerprint density at radius 3 is 2.05 bits per heavy atom. The smallest absolute Gasteiger partial charge is 0.324 e. The molecule has 1 aromatic heterocycles. The van der Waals surface area contributed by atoms with Crippen LogP contribution < -0.4 is 10.0 Å². The highest BCUT2D eigenvalue weighted by Crippen LogP contribution is 2.24. The van der Waals surface area contributed by atoms with Crippen LogP contribution in [0.25, 0.3) is 16.8 Å². The van der Waals surface area contributed by atoms with Gasteiger partial charge < -0.3 is 10.1 Å². The molecule has 9 nitrogen and oxygen atoms in total. The molecule has 0 fully saturated rings.